The zero-order valence-electron chi connectivity index (χ0n) is 20.3. The minimum absolute atomic E-state index is 0.107. The van der Waals surface area contributed by atoms with E-state index in [0.29, 0.717) is 40.5 Å². The minimum Gasteiger partial charge on any atom is -0.493 e. The minimum atomic E-state index is -0.563. The van der Waals surface area contributed by atoms with Crippen molar-refractivity contribution in [2.24, 2.45) is 0 Å². The number of aromatic nitrogens is 3. The Morgan fingerprint density at radius 3 is 2.72 bits per heavy atom. The maximum atomic E-state index is 13.1. The van der Waals surface area contributed by atoms with Crippen LogP contribution in [0.25, 0.3) is 0 Å². The molecule has 3 aromatic rings. The van der Waals surface area contributed by atoms with Crippen molar-refractivity contribution in [2.75, 3.05) is 24.8 Å². The van der Waals surface area contributed by atoms with Crippen LogP contribution >= 0.6 is 27.7 Å². The Morgan fingerprint density at radius 2 is 2.03 bits per heavy atom. The van der Waals surface area contributed by atoms with Crippen LogP contribution in [-0.2, 0) is 16.1 Å². The smallest absolute Gasteiger partial charge is 0.338 e. The van der Waals surface area contributed by atoms with E-state index in [2.05, 4.69) is 37.9 Å². The Hall–Kier alpha value is -3.24. The molecule has 1 aliphatic heterocycles. The lowest BCUT2D eigenvalue weighted by Crippen LogP contribution is -2.29. The highest BCUT2D eigenvalue weighted by Crippen LogP contribution is 2.40. The van der Waals surface area contributed by atoms with Crippen molar-refractivity contribution in [3.63, 3.8) is 0 Å². The Balaban J connectivity index is 1.70. The van der Waals surface area contributed by atoms with Gasteiger partial charge in [-0.3, -0.25) is 0 Å². The number of hydrogen-bond donors (Lipinski definition) is 1. The van der Waals surface area contributed by atoms with Gasteiger partial charge in [-0.15, -0.1) is 5.10 Å². The van der Waals surface area contributed by atoms with Crippen LogP contribution < -0.4 is 14.8 Å². The first-order valence-corrected chi connectivity index (χ1v) is 13.1. The molecule has 1 atom stereocenters. The van der Waals surface area contributed by atoms with E-state index in [1.165, 1.54) is 17.8 Å². The van der Waals surface area contributed by atoms with Crippen molar-refractivity contribution < 1.29 is 19.0 Å². The summed E-state index contributed by atoms with van der Waals surface area (Å²) < 4.78 is 19.8. The van der Waals surface area contributed by atoms with Crippen LogP contribution in [0.2, 0.25) is 0 Å². The molecule has 0 spiro atoms. The van der Waals surface area contributed by atoms with Crippen LogP contribution in [0.3, 0.4) is 0 Å². The average molecular weight is 571 g/mol. The standard InChI is InChI=1S/C26H27BrN4O4S/c1-5-13-34-24(32)22-16(3)28-25-29-26(36-6-2)30-31(25)23(22)18-9-12-20(21(14-18)33-4)35-15-17-7-10-19(27)11-8-17/h5,7-12,14,23H,1,6,13,15H2,2-4H3,(H,28,29,30). The van der Waals surface area contributed by atoms with Crippen molar-refractivity contribution in [1.29, 1.82) is 0 Å². The largest absolute Gasteiger partial charge is 0.493 e. The fraction of sp³-hybridized carbons (Fsp3) is 0.269. The summed E-state index contributed by atoms with van der Waals surface area (Å²) in [6.07, 6.45) is 1.54. The van der Waals surface area contributed by atoms with Gasteiger partial charge in [0.05, 0.1) is 12.7 Å². The molecule has 10 heteroatoms. The number of nitrogens with one attached hydrogen (secondary N) is 1. The molecule has 0 bridgehead atoms. The van der Waals surface area contributed by atoms with Crippen molar-refractivity contribution in [3.05, 3.63) is 82.0 Å². The fourth-order valence-electron chi connectivity index (χ4n) is 3.82. The third-order valence-electron chi connectivity index (χ3n) is 5.47. The molecule has 0 fully saturated rings. The van der Waals surface area contributed by atoms with Gasteiger partial charge in [0.25, 0.3) is 0 Å². The van der Waals surface area contributed by atoms with Crippen LogP contribution in [0.1, 0.15) is 31.0 Å². The fourth-order valence-corrected chi connectivity index (χ4v) is 4.64. The van der Waals surface area contributed by atoms with E-state index in [1.54, 1.807) is 11.8 Å². The summed E-state index contributed by atoms with van der Waals surface area (Å²) in [6, 6.07) is 13.0. The molecule has 188 valence electrons. The molecule has 2 heterocycles. The number of esters is 1. The van der Waals surface area contributed by atoms with Crippen LogP contribution in [0.5, 0.6) is 11.5 Å². The molecule has 0 saturated heterocycles. The number of nitrogens with zero attached hydrogens (tertiary/aromatic N) is 3. The van der Waals surface area contributed by atoms with Gasteiger partial charge in [-0.1, -0.05) is 65.5 Å². The van der Waals surface area contributed by atoms with Crippen molar-refractivity contribution in [1.82, 2.24) is 14.8 Å². The third kappa shape index (κ3) is 5.60. The predicted octanol–water partition coefficient (Wildman–Crippen LogP) is 5.76. The molecular weight excluding hydrogens is 544 g/mol. The van der Waals surface area contributed by atoms with Gasteiger partial charge in [0.15, 0.2) is 11.5 Å². The molecule has 0 aliphatic carbocycles. The molecule has 0 saturated carbocycles. The molecular formula is C26H27BrN4O4S. The zero-order chi connectivity index (χ0) is 25.7. The number of benzene rings is 2. The first-order chi connectivity index (χ1) is 17.4. The number of methoxy groups -OCH3 is 1. The van der Waals surface area contributed by atoms with E-state index in [0.717, 1.165) is 21.4 Å². The van der Waals surface area contributed by atoms with Crippen molar-refractivity contribution in [2.45, 2.75) is 31.7 Å². The van der Waals surface area contributed by atoms with Crippen LogP contribution in [0.15, 0.2) is 76.0 Å². The van der Waals surface area contributed by atoms with Gasteiger partial charge >= 0.3 is 5.97 Å². The summed E-state index contributed by atoms with van der Waals surface area (Å²) >= 11 is 4.97. The first-order valence-electron chi connectivity index (χ1n) is 11.4. The number of carbonyl (C=O) groups excluding carboxylic acids is 1. The Kier molecular flexibility index (Phi) is 8.37. The van der Waals surface area contributed by atoms with Gasteiger partial charge in [-0.2, -0.15) is 4.98 Å². The molecule has 1 aliphatic rings. The van der Waals surface area contributed by atoms with Gasteiger partial charge in [0.1, 0.15) is 19.3 Å². The third-order valence-corrected chi connectivity index (χ3v) is 6.72. The molecule has 2 aromatic carbocycles. The number of ether oxygens (including phenoxy) is 3. The van der Waals surface area contributed by atoms with Gasteiger partial charge in [0, 0.05) is 10.2 Å². The van der Waals surface area contributed by atoms with Crippen LogP contribution in [-0.4, -0.2) is 40.2 Å². The quantitative estimate of drug-likeness (QED) is 0.187. The number of carbonyl (C=O) groups is 1. The van der Waals surface area contributed by atoms with Crippen molar-refractivity contribution in [3.8, 4) is 11.5 Å². The summed E-state index contributed by atoms with van der Waals surface area (Å²) in [5.74, 6) is 2.07. The lowest BCUT2D eigenvalue weighted by atomic mass is 9.95. The van der Waals surface area contributed by atoms with Gasteiger partial charge in [0.2, 0.25) is 11.1 Å². The summed E-state index contributed by atoms with van der Waals surface area (Å²) in [6.45, 7) is 8.00. The second-order valence-electron chi connectivity index (χ2n) is 7.87. The summed E-state index contributed by atoms with van der Waals surface area (Å²) in [4.78, 5) is 17.7. The Labute approximate surface area is 222 Å². The van der Waals surface area contributed by atoms with Gasteiger partial charge in [-0.05, 0) is 48.1 Å². The SMILES string of the molecule is C=CCOC(=O)C1=C(C)Nc2nc(SCC)nn2C1c1ccc(OCc2ccc(Br)cc2)c(OC)c1. The summed E-state index contributed by atoms with van der Waals surface area (Å²) in [5, 5.41) is 8.50. The molecule has 36 heavy (non-hydrogen) atoms. The highest BCUT2D eigenvalue weighted by atomic mass is 79.9. The second-order valence-corrected chi connectivity index (χ2v) is 10.0. The van der Waals surface area contributed by atoms with E-state index in [4.69, 9.17) is 14.2 Å². The number of fused-ring (bicyclic) bond motifs is 1. The zero-order valence-corrected chi connectivity index (χ0v) is 22.7. The summed E-state index contributed by atoms with van der Waals surface area (Å²) in [7, 11) is 1.59. The lowest BCUT2D eigenvalue weighted by Gasteiger charge is -2.28. The van der Waals surface area contributed by atoms with E-state index in [-0.39, 0.29) is 6.61 Å². The van der Waals surface area contributed by atoms with Crippen molar-refractivity contribution >= 4 is 39.6 Å². The van der Waals surface area contributed by atoms with Gasteiger partial charge < -0.3 is 19.5 Å². The van der Waals surface area contributed by atoms with E-state index >= 15 is 0 Å². The monoisotopic (exact) mass is 570 g/mol. The molecule has 0 radical (unpaired) electrons. The second kappa shape index (κ2) is 11.7. The number of rotatable bonds is 10. The highest BCUT2D eigenvalue weighted by Gasteiger charge is 2.35. The normalized spacial score (nSPS) is 14.6. The maximum Gasteiger partial charge on any atom is 0.338 e. The van der Waals surface area contributed by atoms with E-state index in [1.807, 2.05) is 56.3 Å². The predicted molar refractivity (Wildman–Crippen MR) is 144 cm³/mol. The average Bonchev–Trinajstić information content (AvgIpc) is 3.28. The maximum absolute atomic E-state index is 13.1. The lowest BCUT2D eigenvalue weighted by molar-refractivity contribution is -0.138. The molecule has 1 N–H and O–H groups in total. The van der Waals surface area contributed by atoms with E-state index < -0.39 is 12.0 Å². The molecule has 4 rings (SSSR count). The molecule has 0 amide bonds. The number of hydrogen-bond acceptors (Lipinski definition) is 8. The molecule has 8 nitrogen and oxygen atoms in total. The van der Waals surface area contributed by atoms with Crippen LogP contribution in [0, 0.1) is 0 Å². The number of thioether (sulfide) groups is 1. The van der Waals surface area contributed by atoms with Gasteiger partial charge in [-0.25, -0.2) is 9.48 Å². The number of halogens is 1. The summed E-state index contributed by atoms with van der Waals surface area (Å²) in [5.41, 5.74) is 2.90. The Morgan fingerprint density at radius 1 is 1.25 bits per heavy atom. The molecule has 1 unspecified atom stereocenters. The number of anilines is 1. The highest BCUT2D eigenvalue weighted by molar-refractivity contribution is 9.10. The van der Waals surface area contributed by atoms with Crippen LogP contribution in [0.4, 0.5) is 5.95 Å². The first kappa shape index (κ1) is 25.8. The molecule has 1 aromatic heterocycles. The topological polar surface area (TPSA) is 87.5 Å². The Bertz CT molecular complexity index is 1290. The number of allylic oxidation sites excluding steroid dienone is 1. The van der Waals surface area contributed by atoms with E-state index in [9.17, 15) is 4.79 Å².